The van der Waals surface area contributed by atoms with E-state index in [0.29, 0.717) is 5.92 Å². The molecule has 1 atom stereocenters. The predicted molar refractivity (Wildman–Crippen MR) is 60.7 cm³/mol. The van der Waals surface area contributed by atoms with Crippen molar-refractivity contribution in [2.45, 2.75) is 39.0 Å². The van der Waals surface area contributed by atoms with Gasteiger partial charge in [-0.05, 0) is 31.1 Å². The summed E-state index contributed by atoms with van der Waals surface area (Å²) in [5, 5.41) is 3.03. The molecule has 1 N–H and O–H groups in total. The number of likely N-dealkylation sites (tertiary alicyclic amines) is 1. The normalized spacial score (nSPS) is 26.5. The first-order chi connectivity index (χ1) is 7.25. The van der Waals surface area contributed by atoms with Gasteiger partial charge in [-0.2, -0.15) is 0 Å². The average Bonchev–Trinajstić information content (AvgIpc) is 3.01. The second kappa shape index (κ2) is 4.86. The molecular weight excluding hydrogens is 188 g/mol. The molecular formula is C12H22N2O. The van der Waals surface area contributed by atoms with Crippen LogP contribution in [0.1, 0.15) is 39.0 Å². The standard InChI is InChI=1S/C12H22N2O/c1-10-3-2-8-14(9-10)12(15)13-7-6-11-4-5-11/h10-11H,2-9H2,1H3,(H,13,15). The Labute approximate surface area is 92.2 Å². The number of rotatable bonds is 3. The summed E-state index contributed by atoms with van der Waals surface area (Å²) < 4.78 is 0. The van der Waals surface area contributed by atoms with E-state index in [0.717, 1.165) is 32.0 Å². The summed E-state index contributed by atoms with van der Waals surface area (Å²) in [7, 11) is 0. The molecule has 0 aromatic heterocycles. The number of nitrogens with one attached hydrogen (secondary N) is 1. The quantitative estimate of drug-likeness (QED) is 0.761. The van der Waals surface area contributed by atoms with Gasteiger partial charge in [0, 0.05) is 19.6 Å². The fourth-order valence-electron chi connectivity index (χ4n) is 2.28. The van der Waals surface area contributed by atoms with E-state index in [1.54, 1.807) is 0 Å². The maximum absolute atomic E-state index is 11.8. The van der Waals surface area contributed by atoms with Gasteiger partial charge in [-0.25, -0.2) is 4.79 Å². The van der Waals surface area contributed by atoms with Crippen LogP contribution in [0.15, 0.2) is 0 Å². The van der Waals surface area contributed by atoms with Crippen LogP contribution < -0.4 is 5.32 Å². The Bertz CT molecular complexity index is 226. The first-order valence-electron chi connectivity index (χ1n) is 6.28. The monoisotopic (exact) mass is 210 g/mol. The van der Waals surface area contributed by atoms with Crippen LogP contribution >= 0.6 is 0 Å². The number of hydrogen-bond donors (Lipinski definition) is 1. The molecule has 1 saturated heterocycles. The molecule has 86 valence electrons. The molecule has 3 nitrogen and oxygen atoms in total. The van der Waals surface area contributed by atoms with Crippen molar-refractivity contribution in [1.82, 2.24) is 10.2 Å². The number of nitrogens with zero attached hydrogens (tertiary/aromatic N) is 1. The van der Waals surface area contributed by atoms with E-state index in [1.165, 1.54) is 25.7 Å². The van der Waals surface area contributed by atoms with Gasteiger partial charge in [-0.15, -0.1) is 0 Å². The molecule has 1 heterocycles. The van der Waals surface area contributed by atoms with Gasteiger partial charge in [0.1, 0.15) is 0 Å². The molecule has 0 spiro atoms. The summed E-state index contributed by atoms with van der Waals surface area (Å²) in [6.45, 7) is 4.98. The highest BCUT2D eigenvalue weighted by molar-refractivity contribution is 5.74. The number of urea groups is 1. The van der Waals surface area contributed by atoms with Crippen LogP contribution in [-0.2, 0) is 0 Å². The second-order valence-electron chi connectivity index (χ2n) is 5.16. The molecule has 1 unspecified atom stereocenters. The Balaban J connectivity index is 1.64. The van der Waals surface area contributed by atoms with E-state index in [4.69, 9.17) is 0 Å². The van der Waals surface area contributed by atoms with Gasteiger partial charge < -0.3 is 10.2 Å². The van der Waals surface area contributed by atoms with Gasteiger partial charge in [0.2, 0.25) is 0 Å². The van der Waals surface area contributed by atoms with Crippen LogP contribution in [0.25, 0.3) is 0 Å². The lowest BCUT2D eigenvalue weighted by Crippen LogP contribution is -2.45. The molecule has 0 aromatic rings. The molecule has 0 bridgehead atoms. The van der Waals surface area contributed by atoms with E-state index in [9.17, 15) is 4.79 Å². The zero-order valence-corrected chi connectivity index (χ0v) is 9.67. The molecule has 0 aromatic carbocycles. The lowest BCUT2D eigenvalue weighted by Gasteiger charge is -2.30. The van der Waals surface area contributed by atoms with E-state index in [2.05, 4.69) is 12.2 Å². The van der Waals surface area contributed by atoms with E-state index < -0.39 is 0 Å². The topological polar surface area (TPSA) is 32.3 Å². The van der Waals surface area contributed by atoms with Gasteiger partial charge >= 0.3 is 6.03 Å². The van der Waals surface area contributed by atoms with Gasteiger partial charge in [0.25, 0.3) is 0 Å². The highest BCUT2D eigenvalue weighted by atomic mass is 16.2. The molecule has 1 aliphatic carbocycles. The van der Waals surface area contributed by atoms with E-state index >= 15 is 0 Å². The third-order valence-electron chi connectivity index (χ3n) is 3.47. The molecule has 3 heteroatoms. The van der Waals surface area contributed by atoms with Gasteiger partial charge in [-0.1, -0.05) is 19.8 Å². The molecule has 2 fully saturated rings. The number of carbonyl (C=O) groups is 1. The Kier molecular flexibility index (Phi) is 3.49. The summed E-state index contributed by atoms with van der Waals surface area (Å²) in [6.07, 6.45) is 6.35. The van der Waals surface area contributed by atoms with E-state index in [-0.39, 0.29) is 6.03 Å². The lowest BCUT2D eigenvalue weighted by atomic mass is 10.0. The van der Waals surface area contributed by atoms with Crippen molar-refractivity contribution in [3.63, 3.8) is 0 Å². The van der Waals surface area contributed by atoms with Crippen LogP contribution in [0.2, 0.25) is 0 Å². The Hall–Kier alpha value is -0.730. The van der Waals surface area contributed by atoms with Crippen LogP contribution in [-0.4, -0.2) is 30.6 Å². The predicted octanol–water partition coefficient (Wildman–Crippen LogP) is 2.23. The van der Waals surface area contributed by atoms with Gasteiger partial charge in [0.05, 0.1) is 0 Å². The zero-order valence-electron chi connectivity index (χ0n) is 9.67. The minimum Gasteiger partial charge on any atom is -0.338 e. The minimum atomic E-state index is 0.155. The number of piperidine rings is 1. The summed E-state index contributed by atoms with van der Waals surface area (Å²) in [6, 6.07) is 0.155. The Morgan fingerprint density at radius 3 is 2.87 bits per heavy atom. The smallest absolute Gasteiger partial charge is 0.317 e. The van der Waals surface area contributed by atoms with Crippen LogP contribution in [0.3, 0.4) is 0 Å². The summed E-state index contributed by atoms with van der Waals surface area (Å²) >= 11 is 0. The zero-order chi connectivity index (χ0) is 10.7. The second-order valence-corrected chi connectivity index (χ2v) is 5.16. The highest BCUT2D eigenvalue weighted by Gasteiger charge is 2.23. The average molecular weight is 210 g/mol. The van der Waals surface area contributed by atoms with Crippen molar-refractivity contribution in [2.75, 3.05) is 19.6 Å². The maximum Gasteiger partial charge on any atom is 0.317 e. The van der Waals surface area contributed by atoms with Crippen molar-refractivity contribution in [3.05, 3.63) is 0 Å². The van der Waals surface area contributed by atoms with Crippen molar-refractivity contribution in [1.29, 1.82) is 0 Å². The molecule has 1 aliphatic heterocycles. The van der Waals surface area contributed by atoms with Gasteiger partial charge in [0.15, 0.2) is 0 Å². The maximum atomic E-state index is 11.8. The molecule has 1 saturated carbocycles. The van der Waals surface area contributed by atoms with Gasteiger partial charge in [-0.3, -0.25) is 0 Å². The first-order valence-corrected chi connectivity index (χ1v) is 6.28. The third-order valence-corrected chi connectivity index (χ3v) is 3.47. The highest BCUT2D eigenvalue weighted by Crippen LogP contribution is 2.31. The molecule has 2 amide bonds. The van der Waals surface area contributed by atoms with Crippen molar-refractivity contribution in [2.24, 2.45) is 11.8 Å². The minimum absolute atomic E-state index is 0.155. The Morgan fingerprint density at radius 1 is 1.40 bits per heavy atom. The van der Waals surface area contributed by atoms with Crippen molar-refractivity contribution >= 4 is 6.03 Å². The summed E-state index contributed by atoms with van der Waals surface area (Å²) in [5.74, 6) is 1.58. The number of carbonyl (C=O) groups excluding carboxylic acids is 1. The third kappa shape index (κ3) is 3.40. The fraction of sp³-hybridized carbons (Fsp3) is 0.917. The first kappa shape index (κ1) is 10.8. The summed E-state index contributed by atoms with van der Waals surface area (Å²) in [4.78, 5) is 13.7. The molecule has 2 aliphatic rings. The van der Waals surface area contributed by atoms with Crippen LogP contribution in [0.5, 0.6) is 0 Å². The van der Waals surface area contributed by atoms with Crippen LogP contribution in [0.4, 0.5) is 4.79 Å². The largest absolute Gasteiger partial charge is 0.338 e. The van der Waals surface area contributed by atoms with Crippen molar-refractivity contribution in [3.8, 4) is 0 Å². The molecule has 0 radical (unpaired) electrons. The Morgan fingerprint density at radius 2 is 2.20 bits per heavy atom. The lowest BCUT2D eigenvalue weighted by molar-refractivity contribution is 0.169. The SMILES string of the molecule is CC1CCCN(C(=O)NCCC2CC2)C1. The van der Waals surface area contributed by atoms with E-state index in [1.807, 2.05) is 4.90 Å². The molecule has 15 heavy (non-hydrogen) atoms. The van der Waals surface area contributed by atoms with Crippen LogP contribution in [0, 0.1) is 11.8 Å². The summed E-state index contributed by atoms with van der Waals surface area (Å²) in [5.41, 5.74) is 0. The number of amides is 2. The number of hydrogen-bond acceptors (Lipinski definition) is 1. The van der Waals surface area contributed by atoms with Crippen molar-refractivity contribution < 1.29 is 4.79 Å². The molecule has 2 rings (SSSR count). The fourth-order valence-corrected chi connectivity index (χ4v) is 2.28.